The molecule has 0 aromatic carbocycles. The molecule has 0 bridgehead atoms. The van der Waals surface area contributed by atoms with Crippen molar-refractivity contribution < 1.29 is 4.79 Å². The average Bonchev–Trinajstić information content (AvgIpc) is 2.37. The largest absolute Gasteiger partial charge is 0.353 e. The van der Waals surface area contributed by atoms with Crippen LogP contribution in [0.15, 0.2) is 0 Å². The molecule has 2 fully saturated rings. The van der Waals surface area contributed by atoms with E-state index in [1.54, 1.807) is 0 Å². The normalized spacial score (nSPS) is 37.7. The van der Waals surface area contributed by atoms with Crippen LogP contribution in [0, 0.1) is 11.8 Å². The van der Waals surface area contributed by atoms with E-state index in [0.717, 1.165) is 12.8 Å². The third-order valence-corrected chi connectivity index (χ3v) is 4.78. The molecule has 1 heterocycles. The third kappa shape index (κ3) is 3.05. The Morgan fingerprint density at radius 1 is 1.39 bits per heavy atom. The Kier molecular flexibility index (Phi) is 4.66. The van der Waals surface area contributed by atoms with Crippen molar-refractivity contribution in [2.75, 3.05) is 0 Å². The summed E-state index contributed by atoms with van der Waals surface area (Å²) in [6, 6.07) is 1.37. The van der Waals surface area contributed by atoms with E-state index in [2.05, 4.69) is 31.4 Å². The van der Waals surface area contributed by atoms with Crippen LogP contribution in [0.3, 0.4) is 0 Å². The molecule has 1 aliphatic carbocycles. The number of hydrogen-bond donors (Lipinski definition) is 2. The third-order valence-electron chi connectivity index (χ3n) is 4.78. The van der Waals surface area contributed by atoms with Crippen LogP contribution in [-0.2, 0) is 4.79 Å². The van der Waals surface area contributed by atoms with E-state index in [4.69, 9.17) is 0 Å². The topological polar surface area (TPSA) is 41.1 Å². The van der Waals surface area contributed by atoms with Gasteiger partial charge in [-0.25, -0.2) is 0 Å². The van der Waals surface area contributed by atoms with Gasteiger partial charge in [-0.15, -0.1) is 0 Å². The molecule has 0 radical (unpaired) electrons. The minimum atomic E-state index is 0.237. The average molecular weight is 252 g/mol. The molecule has 1 aliphatic heterocycles. The lowest BCUT2D eigenvalue weighted by atomic mass is 9.71. The molecule has 3 nitrogen and oxygen atoms in total. The van der Waals surface area contributed by atoms with Gasteiger partial charge < -0.3 is 10.6 Å². The lowest BCUT2D eigenvalue weighted by Crippen LogP contribution is -2.55. The standard InChI is InChI=1S/C15H28N2O/c1-4-10(2)17-15(18)13-9-11(3)16-14-8-6-5-7-12(13)14/h10-14,16H,4-9H2,1-3H3,(H,17,18)/t10-,11-,12-,13+,14+/m0/s1. The van der Waals surface area contributed by atoms with E-state index in [9.17, 15) is 4.79 Å². The zero-order chi connectivity index (χ0) is 13.1. The molecule has 0 unspecified atom stereocenters. The van der Waals surface area contributed by atoms with E-state index >= 15 is 0 Å². The monoisotopic (exact) mass is 252 g/mol. The van der Waals surface area contributed by atoms with Gasteiger partial charge in [0.15, 0.2) is 0 Å². The second-order valence-corrected chi connectivity index (χ2v) is 6.28. The van der Waals surface area contributed by atoms with Gasteiger partial charge in [0.05, 0.1) is 0 Å². The Morgan fingerprint density at radius 2 is 2.11 bits per heavy atom. The molecular weight excluding hydrogens is 224 g/mol. The van der Waals surface area contributed by atoms with Crippen LogP contribution in [0.25, 0.3) is 0 Å². The molecule has 0 spiro atoms. The van der Waals surface area contributed by atoms with Crippen LogP contribution in [0.4, 0.5) is 0 Å². The zero-order valence-electron chi connectivity index (χ0n) is 12.0. The fourth-order valence-electron chi connectivity index (χ4n) is 3.59. The lowest BCUT2D eigenvalue weighted by molar-refractivity contribution is -0.130. The SMILES string of the molecule is CC[C@H](C)NC(=O)[C@@H]1C[C@H](C)N[C@@H]2CCCC[C@H]21. The molecule has 0 aromatic heterocycles. The highest BCUT2D eigenvalue weighted by Gasteiger charge is 2.40. The van der Waals surface area contributed by atoms with Crippen LogP contribution in [0.1, 0.15) is 59.3 Å². The first kappa shape index (κ1) is 13.9. The molecule has 0 aromatic rings. The second-order valence-electron chi connectivity index (χ2n) is 6.28. The van der Waals surface area contributed by atoms with Gasteiger partial charge in [0.2, 0.25) is 5.91 Å². The van der Waals surface area contributed by atoms with Crippen LogP contribution in [0.2, 0.25) is 0 Å². The number of amides is 1. The molecule has 2 rings (SSSR count). The summed E-state index contributed by atoms with van der Waals surface area (Å²) in [5.41, 5.74) is 0. The summed E-state index contributed by atoms with van der Waals surface area (Å²) in [4.78, 5) is 12.4. The molecule has 2 aliphatic rings. The minimum absolute atomic E-state index is 0.237. The second kappa shape index (κ2) is 6.05. The van der Waals surface area contributed by atoms with Crippen molar-refractivity contribution in [1.82, 2.24) is 10.6 Å². The number of carbonyl (C=O) groups is 1. The quantitative estimate of drug-likeness (QED) is 0.810. The van der Waals surface area contributed by atoms with Crippen LogP contribution < -0.4 is 10.6 Å². The Morgan fingerprint density at radius 3 is 2.83 bits per heavy atom. The summed E-state index contributed by atoms with van der Waals surface area (Å²) >= 11 is 0. The van der Waals surface area contributed by atoms with Gasteiger partial charge in [-0.1, -0.05) is 19.8 Å². The molecule has 1 amide bonds. The van der Waals surface area contributed by atoms with Gasteiger partial charge in [-0.05, 0) is 45.4 Å². The molecular formula is C15H28N2O. The van der Waals surface area contributed by atoms with Crippen molar-refractivity contribution >= 4 is 5.91 Å². The predicted octanol–water partition coefficient (Wildman–Crippen LogP) is 2.46. The Labute approximate surface area is 111 Å². The van der Waals surface area contributed by atoms with Crippen LogP contribution >= 0.6 is 0 Å². The lowest BCUT2D eigenvalue weighted by Gasteiger charge is -2.44. The number of fused-ring (bicyclic) bond motifs is 1. The highest BCUT2D eigenvalue weighted by molar-refractivity contribution is 5.79. The maximum Gasteiger partial charge on any atom is 0.223 e. The van der Waals surface area contributed by atoms with Crippen molar-refractivity contribution in [2.24, 2.45) is 11.8 Å². The first-order valence-corrected chi connectivity index (χ1v) is 7.68. The molecule has 1 saturated heterocycles. The van der Waals surface area contributed by atoms with Gasteiger partial charge >= 0.3 is 0 Å². The molecule has 18 heavy (non-hydrogen) atoms. The van der Waals surface area contributed by atoms with Crippen molar-refractivity contribution in [1.29, 1.82) is 0 Å². The van der Waals surface area contributed by atoms with E-state index in [-0.39, 0.29) is 5.92 Å². The number of hydrogen-bond acceptors (Lipinski definition) is 2. The van der Waals surface area contributed by atoms with Gasteiger partial charge in [0.1, 0.15) is 0 Å². The fourth-order valence-corrected chi connectivity index (χ4v) is 3.59. The number of piperidine rings is 1. The van der Waals surface area contributed by atoms with E-state index in [1.807, 2.05) is 0 Å². The maximum absolute atomic E-state index is 12.4. The van der Waals surface area contributed by atoms with Gasteiger partial charge in [0, 0.05) is 24.0 Å². The van der Waals surface area contributed by atoms with Crippen molar-refractivity contribution in [3.63, 3.8) is 0 Å². The van der Waals surface area contributed by atoms with Gasteiger partial charge in [-0.3, -0.25) is 4.79 Å². The maximum atomic E-state index is 12.4. The molecule has 104 valence electrons. The number of rotatable bonds is 3. The van der Waals surface area contributed by atoms with E-state index < -0.39 is 0 Å². The first-order valence-electron chi connectivity index (χ1n) is 7.68. The summed E-state index contributed by atoms with van der Waals surface area (Å²) in [7, 11) is 0. The van der Waals surface area contributed by atoms with E-state index in [1.165, 1.54) is 25.7 Å². The summed E-state index contributed by atoms with van der Waals surface area (Å²) in [6.07, 6.45) is 7.11. The van der Waals surface area contributed by atoms with Crippen LogP contribution in [-0.4, -0.2) is 24.0 Å². The van der Waals surface area contributed by atoms with Crippen LogP contribution in [0.5, 0.6) is 0 Å². The number of nitrogens with one attached hydrogen (secondary N) is 2. The highest BCUT2D eigenvalue weighted by Crippen LogP contribution is 2.36. The van der Waals surface area contributed by atoms with Crippen molar-refractivity contribution in [3.05, 3.63) is 0 Å². The summed E-state index contributed by atoms with van der Waals surface area (Å²) < 4.78 is 0. The fraction of sp³-hybridized carbons (Fsp3) is 0.933. The Bertz CT molecular complexity index is 292. The summed E-state index contributed by atoms with van der Waals surface area (Å²) in [5, 5.41) is 6.88. The molecule has 2 N–H and O–H groups in total. The van der Waals surface area contributed by atoms with Crippen molar-refractivity contribution in [2.45, 2.75) is 77.4 Å². The first-order chi connectivity index (χ1) is 8.61. The minimum Gasteiger partial charge on any atom is -0.353 e. The molecule has 1 saturated carbocycles. The molecule has 5 atom stereocenters. The van der Waals surface area contributed by atoms with Gasteiger partial charge in [-0.2, -0.15) is 0 Å². The predicted molar refractivity (Wildman–Crippen MR) is 74.3 cm³/mol. The number of carbonyl (C=O) groups excluding carboxylic acids is 1. The Hall–Kier alpha value is -0.570. The highest BCUT2D eigenvalue weighted by atomic mass is 16.2. The summed E-state index contributed by atoms with van der Waals surface area (Å²) in [5.74, 6) is 1.11. The Balaban J connectivity index is 2.01. The smallest absolute Gasteiger partial charge is 0.223 e. The van der Waals surface area contributed by atoms with Crippen molar-refractivity contribution in [3.8, 4) is 0 Å². The van der Waals surface area contributed by atoms with Gasteiger partial charge in [0.25, 0.3) is 0 Å². The molecule has 3 heteroatoms. The summed E-state index contributed by atoms with van der Waals surface area (Å²) in [6.45, 7) is 6.44. The zero-order valence-corrected chi connectivity index (χ0v) is 12.0. The van der Waals surface area contributed by atoms with E-state index in [0.29, 0.717) is 30.0 Å².